The van der Waals surface area contributed by atoms with Gasteiger partial charge in [0.15, 0.2) is 0 Å². The van der Waals surface area contributed by atoms with Crippen molar-refractivity contribution in [3.8, 4) is 5.75 Å². The fraction of sp³-hybridized carbons (Fsp3) is 0.533. The molecule has 2 N–H and O–H groups in total. The third kappa shape index (κ3) is 2.69. The van der Waals surface area contributed by atoms with Crippen LogP contribution in [0.15, 0.2) is 16.6 Å². The second-order valence-electron chi connectivity index (χ2n) is 5.61. The number of amides is 1. The molecule has 1 aromatic carbocycles. The average molecular weight is 339 g/mol. The Morgan fingerprint density at radius 2 is 2.35 bits per heavy atom. The van der Waals surface area contributed by atoms with Gasteiger partial charge in [-0.05, 0) is 30.2 Å². The van der Waals surface area contributed by atoms with Crippen molar-refractivity contribution in [2.45, 2.75) is 19.9 Å². The smallest absolute Gasteiger partial charge is 0.224 e. The van der Waals surface area contributed by atoms with E-state index in [2.05, 4.69) is 39.6 Å². The molecule has 0 bridgehead atoms. The van der Waals surface area contributed by atoms with Gasteiger partial charge in [-0.25, -0.2) is 0 Å². The maximum absolute atomic E-state index is 12.2. The van der Waals surface area contributed by atoms with Gasteiger partial charge >= 0.3 is 0 Å². The van der Waals surface area contributed by atoms with E-state index in [-0.39, 0.29) is 11.8 Å². The highest BCUT2D eigenvalue weighted by Crippen LogP contribution is 2.33. The van der Waals surface area contributed by atoms with Crippen LogP contribution in [-0.2, 0) is 17.8 Å². The van der Waals surface area contributed by atoms with Crippen molar-refractivity contribution in [3.05, 3.63) is 27.7 Å². The Morgan fingerprint density at radius 3 is 3.10 bits per heavy atom. The molecule has 3 rings (SSSR count). The Morgan fingerprint density at radius 1 is 1.50 bits per heavy atom. The molecule has 20 heavy (non-hydrogen) atoms. The van der Waals surface area contributed by atoms with E-state index >= 15 is 0 Å². The van der Waals surface area contributed by atoms with Crippen LogP contribution in [0.3, 0.4) is 0 Å². The summed E-state index contributed by atoms with van der Waals surface area (Å²) in [5.74, 6) is 1.57. The summed E-state index contributed by atoms with van der Waals surface area (Å²) in [6.07, 6.45) is 0.944. The van der Waals surface area contributed by atoms with E-state index in [4.69, 9.17) is 4.74 Å². The maximum Gasteiger partial charge on any atom is 0.224 e. The lowest BCUT2D eigenvalue weighted by Crippen LogP contribution is -2.34. The summed E-state index contributed by atoms with van der Waals surface area (Å²) in [5.41, 5.74) is 2.28. The minimum absolute atomic E-state index is 0.0797. The molecular weight excluding hydrogens is 320 g/mol. The van der Waals surface area contributed by atoms with Crippen LogP contribution in [0.4, 0.5) is 0 Å². The molecule has 0 aliphatic carbocycles. The molecule has 2 unspecified atom stereocenters. The lowest BCUT2D eigenvalue weighted by molar-refractivity contribution is -0.125. The van der Waals surface area contributed by atoms with Gasteiger partial charge in [-0.3, -0.25) is 4.79 Å². The Hall–Kier alpha value is -1.07. The second-order valence-corrected chi connectivity index (χ2v) is 6.53. The van der Waals surface area contributed by atoms with Crippen molar-refractivity contribution in [1.29, 1.82) is 0 Å². The molecule has 1 aromatic rings. The normalized spacial score (nSPS) is 24.3. The monoisotopic (exact) mass is 338 g/mol. The summed E-state index contributed by atoms with van der Waals surface area (Å²) >= 11 is 3.52. The SMILES string of the molecule is CC1CNCC1C(=O)NCc1cc(Br)cc2c1OCC2. The van der Waals surface area contributed by atoms with Gasteiger partial charge in [-0.1, -0.05) is 22.9 Å². The summed E-state index contributed by atoms with van der Waals surface area (Å²) in [6.45, 7) is 5.08. The molecule has 1 saturated heterocycles. The largest absolute Gasteiger partial charge is 0.493 e. The number of fused-ring (bicyclic) bond motifs is 1. The zero-order valence-electron chi connectivity index (χ0n) is 11.5. The topological polar surface area (TPSA) is 50.4 Å². The van der Waals surface area contributed by atoms with Crippen molar-refractivity contribution >= 4 is 21.8 Å². The summed E-state index contributed by atoms with van der Waals surface area (Å²) in [4.78, 5) is 12.2. The number of carbonyl (C=O) groups excluding carboxylic acids is 1. The summed E-state index contributed by atoms with van der Waals surface area (Å²) in [7, 11) is 0. The van der Waals surface area contributed by atoms with E-state index in [1.807, 2.05) is 6.07 Å². The first-order valence-corrected chi connectivity index (χ1v) is 7.87. The Balaban J connectivity index is 1.68. The first kappa shape index (κ1) is 13.9. The molecule has 0 radical (unpaired) electrons. The van der Waals surface area contributed by atoms with Crippen LogP contribution in [0.1, 0.15) is 18.1 Å². The highest BCUT2D eigenvalue weighted by Gasteiger charge is 2.29. The molecule has 2 heterocycles. The van der Waals surface area contributed by atoms with E-state index < -0.39 is 0 Å². The number of nitrogens with one attached hydrogen (secondary N) is 2. The van der Waals surface area contributed by atoms with Crippen molar-refractivity contribution in [3.63, 3.8) is 0 Å². The third-order valence-electron chi connectivity index (χ3n) is 4.13. The minimum atomic E-state index is 0.0797. The van der Waals surface area contributed by atoms with Crippen LogP contribution in [-0.4, -0.2) is 25.6 Å². The molecule has 1 amide bonds. The van der Waals surface area contributed by atoms with Gasteiger partial charge in [-0.2, -0.15) is 0 Å². The molecule has 108 valence electrons. The number of carbonyl (C=O) groups is 1. The van der Waals surface area contributed by atoms with Crippen LogP contribution in [0.2, 0.25) is 0 Å². The predicted octanol–water partition coefficient (Wildman–Crippen LogP) is 1.86. The van der Waals surface area contributed by atoms with Crippen LogP contribution < -0.4 is 15.4 Å². The van der Waals surface area contributed by atoms with Crippen LogP contribution in [0, 0.1) is 11.8 Å². The molecule has 2 aliphatic rings. The van der Waals surface area contributed by atoms with Crippen molar-refractivity contribution in [2.75, 3.05) is 19.7 Å². The van der Waals surface area contributed by atoms with E-state index in [0.717, 1.165) is 41.9 Å². The minimum Gasteiger partial charge on any atom is -0.493 e. The first-order valence-electron chi connectivity index (χ1n) is 7.07. The standard InChI is InChI=1S/C15H19BrN2O2/c1-9-6-17-8-13(9)15(19)18-7-11-5-12(16)4-10-2-3-20-14(10)11/h4-5,9,13,17H,2-3,6-8H2,1H3,(H,18,19). The number of hydrogen-bond acceptors (Lipinski definition) is 3. The summed E-state index contributed by atoms with van der Waals surface area (Å²) in [5, 5.41) is 6.31. The fourth-order valence-electron chi connectivity index (χ4n) is 2.95. The Bertz CT molecular complexity index is 533. The number of hydrogen-bond donors (Lipinski definition) is 2. The zero-order valence-corrected chi connectivity index (χ0v) is 13.1. The highest BCUT2D eigenvalue weighted by molar-refractivity contribution is 9.10. The van der Waals surface area contributed by atoms with Gasteiger partial charge < -0.3 is 15.4 Å². The van der Waals surface area contributed by atoms with Crippen molar-refractivity contribution in [2.24, 2.45) is 11.8 Å². The highest BCUT2D eigenvalue weighted by atomic mass is 79.9. The molecule has 1 fully saturated rings. The average Bonchev–Trinajstić information content (AvgIpc) is 3.03. The van der Waals surface area contributed by atoms with Gasteiger partial charge in [0.1, 0.15) is 5.75 Å². The third-order valence-corrected chi connectivity index (χ3v) is 4.59. The predicted molar refractivity (Wildman–Crippen MR) is 80.7 cm³/mol. The Kier molecular flexibility index (Phi) is 3.98. The van der Waals surface area contributed by atoms with Gasteiger partial charge in [-0.15, -0.1) is 0 Å². The van der Waals surface area contributed by atoms with Gasteiger partial charge in [0.25, 0.3) is 0 Å². The second kappa shape index (κ2) is 5.74. The van der Waals surface area contributed by atoms with E-state index in [0.29, 0.717) is 12.5 Å². The summed E-state index contributed by atoms with van der Waals surface area (Å²) < 4.78 is 6.72. The number of ether oxygens (including phenoxy) is 1. The van der Waals surface area contributed by atoms with Crippen LogP contribution in [0.5, 0.6) is 5.75 Å². The van der Waals surface area contributed by atoms with Gasteiger partial charge in [0.05, 0.1) is 12.5 Å². The van der Waals surface area contributed by atoms with Gasteiger partial charge in [0.2, 0.25) is 5.91 Å². The molecule has 0 spiro atoms. The first-order chi connectivity index (χ1) is 9.65. The van der Waals surface area contributed by atoms with Crippen LogP contribution >= 0.6 is 15.9 Å². The van der Waals surface area contributed by atoms with Crippen molar-refractivity contribution < 1.29 is 9.53 Å². The number of halogens is 1. The number of benzene rings is 1. The quantitative estimate of drug-likeness (QED) is 0.884. The maximum atomic E-state index is 12.2. The van der Waals surface area contributed by atoms with E-state index in [1.165, 1.54) is 5.56 Å². The molecule has 0 aromatic heterocycles. The fourth-order valence-corrected chi connectivity index (χ4v) is 3.50. The lowest BCUT2D eigenvalue weighted by atomic mass is 9.97. The lowest BCUT2D eigenvalue weighted by Gasteiger charge is -2.15. The van der Waals surface area contributed by atoms with Gasteiger partial charge in [0, 0.05) is 29.5 Å². The van der Waals surface area contributed by atoms with Crippen molar-refractivity contribution in [1.82, 2.24) is 10.6 Å². The Labute approximate surface area is 127 Å². The number of rotatable bonds is 3. The summed E-state index contributed by atoms with van der Waals surface area (Å²) in [6, 6.07) is 4.12. The molecule has 2 aliphatic heterocycles. The zero-order chi connectivity index (χ0) is 14.1. The van der Waals surface area contributed by atoms with E-state index in [9.17, 15) is 4.79 Å². The van der Waals surface area contributed by atoms with Crippen LogP contribution in [0.25, 0.3) is 0 Å². The molecular formula is C15H19BrN2O2. The van der Waals surface area contributed by atoms with E-state index in [1.54, 1.807) is 0 Å². The molecule has 0 saturated carbocycles. The molecule has 2 atom stereocenters. The molecule has 4 nitrogen and oxygen atoms in total. The molecule has 5 heteroatoms.